The molecule has 3 saturated heterocycles. The van der Waals surface area contributed by atoms with Crippen LogP contribution in [0.5, 0.6) is 0 Å². The number of hydrogen-bond acceptors (Lipinski definition) is 5. The monoisotopic (exact) mass is 421 g/mol. The van der Waals surface area contributed by atoms with E-state index in [9.17, 15) is 21.6 Å². The summed E-state index contributed by atoms with van der Waals surface area (Å²) >= 11 is 0. The van der Waals surface area contributed by atoms with Gasteiger partial charge in [0.2, 0.25) is 10.0 Å². The van der Waals surface area contributed by atoms with Crippen molar-refractivity contribution in [3.8, 4) is 0 Å². The number of allylic oxidation sites excluding steroid dienone is 4. The molecule has 4 rings (SSSR count). The SMILES string of the molecule is CC1=C(S(=O)(=O)N2CC3(CN([C@H](C)C4CCOC4)C3)C2)CC=C(C(F)(F)F)N1. The van der Waals surface area contributed by atoms with Crippen LogP contribution in [0.15, 0.2) is 22.4 Å². The van der Waals surface area contributed by atoms with Crippen LogP contribution >= 0.6 is 0 Å². The Morgan fingerprint density at radius 3 is 2.50 bits per heavy atom. The molecule has 0 radical (unpaired) electrons. The maximum Gasteiger partial charge on any atom is 0.430 e. The van der Waals surface area contributed by atoms with Crippen molar-refractivity contribution in [2.24, 2.45) is 11.3 Å². The van der Waals surface area contributed by atoms with Crippen LogP contribution < -0.4 is 5.32 Å². The van der Waals surface area contributed by atoms with Crippen LogP contribution in [0, 0.1) is 11.3 Å². The highest BCUT2D eigenvalue weighted by molar-refractivity contribution is 7.93. The third-order valence-corrected chi connectivity index (χ3v) is 8.55. The number of sulfonamides is 1. The highest BCUT2D eigenvalue weighted by Crippen LogP contribution is 2.45. The second-order valence-electron chi connectivity index (χ2n) is 8.54. The zero-order chi connectivity index (χ0) is 20.3. The molecule has 1 spiro atoms. The number of ether oxygens (including phenoxy) is 1. The molecule has 1 N–H and O–H groups in total. The van der Waals surface area contributed by atoms with Crippen molar-refractivity contribution in [3.63, 3.8) is 0 Å². The molecule has 4 aliphatic heterocycles. The number of likely N-dealkylation sites (tertiary alicyclic amines) is 1. The molecule has 3 fully saturated rings. The average molecular weight is 421 g/mol. The maximum atomic E-state index is 12.9. The fourth-order valence-electron chi connectivity index (χ4n) is 4.72. The number of rotatable bonds is 4. The van der Waals surface area contributed by atoms with Crippen LogP contribution in [-0.2, 0) is 14.8 Å². The Morgan fingerprint density at radius 2 is 1.96 bits per heavy atom. The number of hydrogen-bond donors (Lipinski definition) is 1. The van der Waals surface area contributed by atoms with E-state index in [2.05, 4.69) is 17.1 Å². The van der Waals surface area contributed by atoms with Gasteiger partial charge in [-0.3, -0.25) is 4.90 Å². The number of nitrogens with zero attached hydrogens (tertiary/aromatic N) is 2. The van der Waals surface area contributed by atoms with E-state index in [1.54, 1.807) is 0 Å². The average Bonchev–Trinajstić information content (AvgIpc) is 3.04. The molecule has 0 aromatic rings. The highest BCUT2D eigenvalue weighted by Gasteiger charge is 2.57. The summed E-state index contributed by atoms with van der Waals surface area (Å²) < 4.78 is 71.1. The first-order valence-electron chi connectivity index (χ1n) is 9.58. The lowest BCUT2D eigenvalue weighted by molar-refractivity contribution is -0.106. The van der Waals surface area contributed by atoms with E-state index in [1.807, 2.05) is 0 Å². The van der Waals surface area contributed by atoms with Crippen LogP contribution in [-0.4, -0.2) is 69.2 Å². The summed E-state index contributed by atoms with van der Waals surface area (Å²) in [5, 5.41) is 2.21. The second kappa shape index (κ2) is 6.72. The number of alkyl halides is 3. The Morgan fingerprint density at radius 1 is 1.29 bits per heavy atom. The lowest BCUT2D eigenvalue weighted by Gasteiger charge is -2.61. The Kier molecular flexibility index (Phi) is 4.84. The van der Waals surface area contributed by atoms with Gasteiger partial charge in [0, 0.05) is 56.4 Å². The molecule has 0 amide bonds. The van der Waals surface area contributed by atoms with E-state index in [-0.39, 0.29) is 22.4 Å². The fraction of sp³-hybridized carbons (Fsp3) is 0.778. The molecule has 2 atom stereocenters. The molecule has 0 aromatic carbocycles. The molecular formula is C18H26F3N3O3S. The summed E-state index contributed by atoms with van der Waals surface area (Å²) in [6, 6.07) is 0.428. The number of nitrogens with one attached hydrogen (secondary N) is 1. The summed E-state index contributed by atoms with van der Waals surface area (Å²) in [6.07, 6.45) is -2.76. The van der Waals surface area contributed by atoms with Crippen molar-refractivity contribution in [3.05, 3.63) is 22.4 Å². The van der Waals surface area contributed by atoms with Gasteiger partial charge >= 0.3 is 6.18 Å². The molecule has 4 aliphatic rings. The first-order valence-corrected chi connectivity index (χ1v) is 11.0. The lowest BCUT2D eigenvalue weighted by Crippen LogP contribution is -2.74. The van der Waals surface area contributed by atoms with Gasteiger partial charge in [0.05, 0.1) is 11.5 Å². The topological polar surface area (TPSA) is 61.9 Å². The van der Waals surface area contributed by atoms with Crippen molar-refractivity contribution >= 4 is 10.0 Å². The third-order valence-electron chi connectivity index (χ3n) is 6.51. The van der Waals surface area contributed by atoms with Gasteiger partial charge in [-0.05, 0) is 26.2 Å². The van der Waals surface area contributed by atoms with Gasteiger partial charge in [-0.1, -0.05) is 6.08 Å². The van der Waals surface area contributed by atoms with Crippen molar-refractivity contribution in [1.82, 2.24) is 14.5 Å². The highest BCUT2D eigenvalue weighted by atomic mass is 32.2. The first kappa shape index (κ1) is 20.2. The van der Waals surface area contributed by atoms with E-state index in [4.69, 9.17) is 4.74 Å². The molecule has 0 aliphatic carbocycles. The van der Waals surface area contributed by atoms with E-state index in [0.29, 0.717) is 25.0 Å². The van der Waals surface area contributed by atoms with Gasteiger partial charge in [-0.25, -0.2) is 8.42 Å². The predicted molar refractivity (Wildman–Crippen MR) is 97.5 cm³/mol. The number of halogens is 3. The number of dihydropyridines is 1. The third kappa shape index (κ3) is 3.38. The molecule has 158 valence electrons. The van der Waals surface area contributed by atoms with E-state index in [0.717, 1.165) is 38.8 Å². The Hall–Kier alpha value is -1.10. The molecule has 28 heavy (non-hydrogen) atoms. The largest absolute Gasteiger partial charge is 0.430 e. The standard InChI is InChI=1S/C18H26F3N3O3S/c1-12-15(3-4-16(22-12)18(19,20)21)28(25,26)24-10-17(11-24)8-23(9-17)13(2)14-5-6-27-7-14/h4,13-14,22H,3,5-11H2,1-2H3/t13-,14?/m1/s1. The van der Waals surface area contributed by atoms with Gasteiger partial charge in [0.25, 0.3) is 0 Å². The summed E-state index contributed by atoms with van der Waals surface area (Å²) in [7, 11) is -3.74. The Balaban J connectivity index is 1.35. The molecular weight excluding hydrogens is 395 g/mol. The van der Waals surface area contributed by atoms with Crippen molar-refractivity contribution in [2.45, 2.75) is 38.9 Å². The fourth-order valence-corrected chi connectivity index (χ4v) is 6.65. The molecule has 10 heteroatoms. The van der Waals surface area contributed by atoms with Gasteiger partial charge in [-0.2, -0.15) is 17.5 Å². The van der Waals surface area contributed by atoms with Gasteiger partial charge in [-0.15, -0.1) is 0 Å². The molecule has 6 nitrogen and oxygen atoms in total. The lowest BCUT2D eigenvalue weighted by atomic mass is 9.73. The minimum Gasteiger partial charge on any atom is -0.381 e. The Labute approximate surface area is 163 Å². The van der Waals surface area contributed by atoms with Crippen LogP contribution in [0.2, 0.25) is 0 Å². The first-order chi connectivity index (χ1) is 13.0. The second-order valence-corrected chi connectivity index (χ2v) is 10.5. The van der Waals surface area contributed by atoms with Gasteiger partial charge < -0.3 is 10.1 Å². The van der Waals surface area contributed by atoms with Crippen molar-refractivity contribution < 1.29 is 26.3 Å². The normalized spacial score (nSPS) is 29.9. The van der Waals surface area contributed by atoms with Gasteiger partial charge in [0.15, 0.2) is 0 Å². The summed E-state index contributed by atoms with van der Waals surface area (Å²) in [4.78, 5) is 2.41. The summed E-state index contributed by atoms with van der Waals surface area (Å²) in [6.45, 7) is 7.80. The van der Waals surface area contributed by atoms with Crippen LogP contribution in [0.25, 0.3) is 0 Å². The minimum absolute atomic E-state index is 0.00960. The molecule has 4 heterocycles. The smallest absolute Gasteiger partial charge is 0.381 e. The van der Waals surface area contributed by atoms with Crippen molar-refractivity contribution in [1.29, 1.82) is 0 Å². The quantitative estimate of drug-likeness (QED) is 0.753. The van der Waals surface area contributed by atoms with Crippen LogP contribution in [0.3, 0.4) is 0 Å². The zero-order valence-corrected chi connectivity index (χ0v) is 16.9. The molecule has 0 saturated carbocycles. The van der Waals surface area contributed by atoms with Crippen LogP contribution in [0.4, 0.5) is 13.2 Å². The Bertz CT molecular complexity index is 802. The summed E-state index contributed by atoms with van der Waals surface area (Å²) in [5.41, 5.74) is -0.853. The van der Waals surface area contributed by atoms with Crippen molar-refractivity contribution in [2.75, 3.05) is 39.4 Å². The summed E-state index contributed by atoms with van der Waals surface area (Å²) in [5.74, 6) is 0.535. The molecule has 0 aromatic heterocycles. The van der Waals surface area contributed by atoms with Gasteiger partial charge in [0.1, 0.15) is 5.70 Å². The van der Waals surface area contributed by atoms with E-state index >= 15 is 0 Å². The van der Waals surface area contributed by atoms with E-state index in [1.165, 1.54) is 11.2 Å². The predicted octanol–water partition coefficient (Wildman–Crippen LogP) is 2.03. The van der Waals surface area contributed by atoms with E-state index < -0.39 is 21.9 Å². The maximum absolute atomic E-state index is 12.9. The molecule has 0 bridgehead atoms. The molecule has 1 unspecified atom stereocenters. The minimum atomic E-state index is -4.51. The van der Waals surface area contributed by atoms with Crippen LogP contribution in [0.1, 0.15) is 26.7 Å². The zero-order valence-electron chi connectivity index (χ0n) is 16.1.